The van der Waals surface area contributed by atoms with Gasteiger partial charge in [0.25, 0.3) is 0 Å². The Bertz CT molecular complexity index is 1120. The summed E-state index contributed by atoms with van der Waals surface area (Å²) in [7, 11) is -0.530. The standard InChI is InChI=1S/C19H18Cl2N2O3S/c1-12-7-8-15-16(20)10-17(21)19(18(15)22-12)26-11-13-5-4-6-14(9-13)27(24,25)23(2)3/h4-10H,11H2,1-3H3. The van der Waals surface area contributed by atoms with E-state index in [1.807, 2.05) is 19.1 Å². The second kappa shape index (κ2) is 7.64. The summed E-state index contributed by atoms with van der Waals surface area (Å²) in [5, 5.41) is 1.59. The molecule has 27 heavy (non-hydrogen) atoms. The molecule has 0 amide bonds. The SMILES string of the molecule is Cc1ccc2c(Cl)cc(Cl)c(OCc3cccc(S(=O)(=O)N(C)C)c3)c2n1. The van der Waals surface area contributed by atoms with Gasteiger partial charge in [-0.05, 0) is 42.8 Å². The zero-order valence-corrected chi connectivity index (χ0v) is 17.4. The van der Waals surface area contributed by atoms with E-state index in [4.69, 9.17) is 27.9 Å². The van der Waals surface area contributed by atoms with Crippen LogP contribution in [0.2, 0.25) is 10.0 Å². The van der Waals surface area contributed by atoms with Gasteiger partial charge < -0.3 is 4.74 Å². The van der Waals surface area contributed by atoms with Crippen molar-refractivity contribution in [3.8, 4) is 5.75 Å². The van der Waals surface area contributed by atoms with Crippen LogP contribution in [0.1, 0.15) is 11.3 Å². The molecule has 2 aromatic carbocycles. The Balaban J connectivity index is 1.96. The monoisotopic (exact) mass is 424 g/mol. The predicted octanol–water partition coefficient (Wildman–Crippen LogP) is 4.68. The van der Waals surface area contributed by atoms with Gasteiger partial charge in [-0.2, -0.15) is 0 Å². The summed E-state index contributed by atoms with van der Waals surface area (Å²) < 4.78 is 31.7. The maximum atomic E-state index is 12.3. The van der Waals surface area contributed by atoms with E-state index in [-0.39, 0.29) is 11.5 Å². The van der Waals surface area contributed by atoms with Gasteiger partial charge in [-0.25, -0.2) is 17.7 Å². The molecule has 0 spiro atoms. The number of benzene rings is 2. The fourth-order valence-electron chi connectivity index (χ4n) is 2.59. The van der Waals surface area contributed by atoms with Crippen LogP contribution in [0.15, 0.2) is 47.4 Å². The molecule has 0 N–H and O–H groups in total. The Kier molecular flexibility index (Phi) is 5.63. The van der Waals surface area contributed by atoms with Crippen LogP contribution in [-0.2, 0) is 16.6 Å². The second-order valence-electron chi connectivity index (χ2n) is 6.24. The molecule has 1 heterocycles. The number of hydrogen-bond donors (Lipinski definition) is 0. The zero-order chi connectivity index (χ0) is 19.8. The summed E-state index contributed by atoms with van der Waals surface area (Å²) in [4.78, 5) is 4.70. The fraction of sp³-hybridized carbons (Fsp3) is 0.211. The highest BCUT2D eigenvalue weighted by Crippen LogP contribution is 2.37. The van der Waals surface area contributed by atoms with E-state index in [0.717, 1.165) is 11.1 Å². The van der Waals surface area contributed by atoms with Crippen molar-refractivity contribution < 1.29 is 13.2 Å². The van der Waals surface area contributed by atoms with Crippen LogP contribution in [-0.4, -0.2) is 31.8 Å². The predicted molar refractivity (Wildman–Crippen MR) is 108 cm³/mol. The number of ether oxygens (including phenoxy) is 1. The van der Waals surface area contributed by atoms with Gasteiger partial charge in [-0.1, -0.05) is 35.3 Å². The van der Waals surface area contributed by atoms with Gasteiger partial charge in [0.05, 0.1) is 14.9 Å². The van der Waals surface area contributed by atoms with Crippen molar-refractivity contribution in [3.05, 3.63) is 63.8 Å². The number of hydrogen-bond acceptors (Lipinski definition) is 4. The van der Waals surface area contributed by atoms with Gasteiger partial charge in [0.1, 0.15) is 12.1 Å². The Morgan fingerprint density at radius 2 is 1.81 bits per heavy atom. The number of fused-ring (bicyclic) bond motifs is 1. The Labute approximate surface area is 168 Å². The number of rotatable bonds is 5. The van der Waals surface area contributed by atoms with Crippen molar-refractivity contribution in [1.82, 2.24) is 9.29 Å². The highest BCUT2D eigenvalue weighted by Gasteiger charge is 2.18. The van der Waals surface area contributed by atoms with E-state index in [1.54, 1.807) is 30.3 Å². The molecule has 8 heteroatoms. The van der Waals surface area contributed by atoms with Crippen molar-refractivity contribution in [2.75, 3.05) is 14.1 Å². The topological polar surface area (TPSA) is 59.5 Å². The Morgan fingerprint density at radius 1 is 1.07 bits per heavy atom. The molecule has 142 valence electrons. The first-order chi connectivity index (χ1) is 12.7. The van der Waals surface area contributed by atoms with E-state index < -0.39 is 10.0 Å². The maximum absolute atomic E-state index is 12.3. The van der Waals surface area contributed by atoms with Crippen LogP contribution in [0.3, 0.4) is 0 Å². The van der Waals surface area contributed by atoms with Gasteiger partial charge in [0, 0.05) is 25.2 Å². The minimum Gasteiger partial charge on any atom is -0.485 e. The third kappa shape index (κ3) is 4.04. The van der Waals surface area contributed by atoms with Crippen LogP contribution in [0, 0.1) is 6.92 Å². The van der Waals surface area contributed by atoms with Gasteiger partial charge in [0.2, 0.25) is 10.0 Å². The van der Waals surface area contributed by atoms with Crippen LogP contribution in [0.25, 0.3) is 10.9 Å². The van der Waals surface area contributed by atoms with E-state index in [2.05, 4.69) is 4.98 Å². The van der Waals surface area contributed by atoms with Crippen molar-refractivity contribution in [3.63, 3.8) is 0 Å². The minimum atomic E-state index is -3.51. The summed E-state index contributed by atoms with van der Waals surface area (Å²) in [6.07, 6.45) is 0. The molecule has 0 atom stereocenters. The molecule has 3 aromatic rings. The second-order valence-corrected chi connectivity index (χ2v) is 9.21. The average Bonchev–Trinajstić information content (AvgIpc) is 2.61. The molecule has 0 bridgehead atoms. The smallest absolute Gasteiger partial charge is 0.242 e. The van der Waals surface area contributed by atoms with E-state index in [0.29, 0.717) is 26.9 Å². The molecule has 0 saturated heterocycles. The van der Waals surface area contributed by atoms with E-state index in [1.165, 1.54) is 18.4 Å². The van der Waals surface area contributed by atoms with Crippen LogP contribution in [0.5, 0.6) is 5.75 Å². The highest BCUT2D eigenvalue weighted by molar-refractivity contribution is 7.89. The number of sulfonamides is 1. The highest BCUT2D eigenvalue weighted by atomic mass is 35.5. The molecule has 0 aliphatic rings. The molecule has 5 nitrogen and oxygen atoms in total. The number of aryl methyl sites for hydroxylation is 1. The summed E-state index contributed by atoms with van der Waals surface area (Å²) >= 11 is 12.6. The fourth-order valence-corrected chi connectivity index (χ4v) is 4.13. The Hall–Kier alpha value is -1.86. The zero-order valence-electron chi connectivity index (χ0n) is 15.0. The van der Waals surface area contributed by atoms with Crippen molar-refractivity contribution in [2.24, 2.45) is 0 Å². The molecule has 0 aliphatic heterocycles. The average molecular weight is 425 g/mol. The van der Waals surface area contributed by atoms with Crippen LogP contribution in [0.4, 0.5) is 0 Å². The number of halogens is 2. The number of aromatic nitrogens is 1. The van der Waals surface area contributed by atoms with Gasteiger partial charge in [-0.15, -0.1) is 0 Å². The van der Waals surface area contributed by atoms with Crippen molar-refractivity contribution >= 4 is 44.1 Å². The molecular formula is C19H18Cl2N2O3S. The normalized spacial score (nSPS) is 11.9. The summed E-state index contributed by atoms with van der Waals surface area (Å²) in [5.41, 5.74) is 2.08. The lowest BCUT2D eigenvalue weighted by molar-refractivity contribution is 0.309. The number of nitrogens with zero attached hydrogens (tertiary/aromatic N) is 2. The molecule has 0 unspecified atom stereocenters. The first-order valence-corrected chi connectivity index (χ1v) is 10.3. The molecule has 3 rings (SSSR count). The lowest BCUT2D eigenvalue weighted by atomic mass is 10.2. The lowest BCUT2D eigenvalue weighted by Gasteiger charge is -2.14. The van der Waals surface area contributed by atoms with Crippen LogP contribution >= 0.6 is 23.2 Å². The third-order valence-corrected chi connectivity index (χ3v) is 6.44. The van der Waals surface area contributed by atoms with Crippen molar-refractivity contribution in [2.45, 2.75) is 18.4 Å². The molecule has 0 saturated carbocycles. The van der Waals surface area contributed by atoms with E-state index >= 15 is 0 Å². The van der Waals surface area contributed by atoms with Crippen LogP contribution < -0.4 is 4.74 Å². The molecule has 0 aliphatic carbocycles. The summed E-state index contributed by atoms with van der Waals surface area (Å²) in [6, 6.07) is 12.0. The number of pyridine rings is 1. The maximum Gasteiger partial charge on any atom is 0.242 e. The summed E-state index contributed by atoms with van der Waals surface area (Å²) in [6.45, 7) is 2.01. The molecule has 0 fully saturated rings. The van der Waals surface area contributed by atoms with E-state index in [9.17, 15) is 8.42 Å². The minimum absolute atomic E-state index is 0.142. The third-order valence-electron chi connectivity index (χ3n) is 4.04. The molecule has 1 aromatic heterocycles. The Morgan fingerprint density at radius 3 is 2.52 bits per heavy atom. The van der Waals surface area contributed by atoms with Crippen molar-refractivity contribution in [1.29, 1.82) is 0 Å². The molecule has 0 radical (unpaired) electrons. The lowest BCUT2D eigenvalue weighted by Crippen LogP contribution is -2.22. The largest absolute Gasteiger partial charge is 0.485 e. The van der Waals surface area contributed by atoms with Gasteiger partial charge in [-0.3, -0.25) is 0 Å². The van der Waals surface area contributed by atoms with Gasteiger partial charge >= 0.3 is 0 Å². The first-order valence-electron chi connectivity index (χ1n) is 8.10. The quantitative estimate of drug-likeness (QED) is 0.596. The summed E-state index contributed by atoms with van der Waals surface area (Å²) in [5.74, 6) is 0.417. The first kappa shape index (κ1) is 19.9. The van der Waals surface area contributed by atoms with Gasteiger partial charge in [0.15, 0.2) is 5.75 Å². The molecular weight excluding hydrogens is 407 g/mol.